The lowest BCUT2D eigenvalue weighted by molar-refractivity contribution is 0.253. The van der Waals surface area contributed by atoms with Crippen LogP contribution in [0.2, 0.25) is 0 Å². The molecule has 112 valence electrons. The van der Waals surface area contributed by atoms with Gasteiger partial charge in [-0.15, -0.1) is 0 Å². The normalized spacial score (nSPS) is 26.3. The molecule has 0 bridgehead atoms. The quantitative estimate of drug-likeness (QED) is 0.867. The Bertz CT molecular complexity index is 442. The SMILES string of the molecule is CCC1CCC(CN)(Nc2cc(OC)ccc2F)CC1. The van der Waals surface area contributed by atoms with Crippen LogP contribution in [0.5, 0.6) is 5.75 Å². The van der Waals surface area contributed by atoms with Crippen molar-refractivity contribution in [2.24, 2.45) is 11.7 Å². The highest BCUT2D eigenvalue weighted by molar-refractivity contribution is 5.51. The zero-order valence-corrected chi connectivity index (χ0v) is 12.4. The van der Waals surface area contributed by atoms with Crippen molar-refractivity contribution in [1.29, 1.82) is 0 Å². The Labute approximate surface area is 120 Å². The third kappa shape index (κ3) is 3.23. The van der Waals surface area contributed by atoms with Crippen molar-refractivity contribution < 1.29 is 9.13 Å². The Hall–Kier alpha value is -1.29. The molecule has 0 heterocycles. The number of hydrogen-bond donors (Lipinski definition) is 2. The molecule has 0 spiro atoms. The van der Waals surface area contributed by atoms with Gasteiger partial charge in [0.2, 0.25) is 0 Å². The molecular formula is C16H25FN2O. The van der Waals surface area contributed by atoms with Crippen LogP contribution in [-0.2, 0) is 0 Å². The monoisotopic (exact) mass is 280 g/mol. The number of benzene rings is 1. The fourth-order valence-corrected chi connectivity index (χ4v) is 3.03. The third-order valence-electron chi connectivity index (χ3n) is 4.60. The van der Waals surface area contributed by atoms with E-state index < -0.39 is 0 Å². The smallest absolute Gasteiger partial charge is 0.146 e. The molecule has 1 aromatic carbocycles. The van der Waals surface area contributed by atoms with Gasteiger partial charge in [0.1, 0.15) is 11.6 Å². The summed E-state index contributed by atoms with van der Waals surface area (Å²) in [6.45, 7) is 2.76. The van der Waals surface area contributed by atoms with E-state index in [4.69, 9.17) is 10.5 Å². The molecule has 0 atom stereocenters. The van der Waals surface area contributed by atoms with E-state index >= 15 is 0 Å². The maximum Gasteiger partial charge on any atom is 0.146 e. The molecule has 0 saturated heterocycles. The van der Waals surface area contributed by atoms with E-state index in [0.717, 1.165) is 31.6 Å². The maximum atomic E-state index is 14.0. The number of anilines is 1. The summed E-state index contributed by atoms with van der Waals surface area (Å²) in [7, 11) is 1.59. The Morgan fingerprint density at radius 3 is 2.65 bits per heavy atom. The van der Waals surface area contributed by atoms with Crippen molar-refractivity contribution in [3.8, 4) is 5.75 Å². The van der Waals surface area contributed by atoms with Crippen LogP contribution in [0.25, 0.3) is 0 Å². The van der Waals surface area contributed by atoms with Crippen LogP contribution in [0.4, 0.5) is 10.1 Å². The van der Waals surface area contributed by atoms with Crippen LogP contribution in [0.3, 0.4) is 0 Å². The predicted molar refractivity (Wildman–Crippen MR) is 80.6 cm³/mol. The number of methoxy groups -OCH3 is 1. The van der Waals surface area contributed by atoms with Crippen LogP contribution in [0.1, 0.15) is 39.0 Å². The van der Waals surface area contributed by atoms with E-state index in [9.17, 15) is 4.39 Å². The summed E-state index contributed by atoms with van der Waals surface area (Å²) in [6.07, 6.45) is 5.53. The molecule has 1 aliphatic carbocycles. The predicted octanol–water partition coefficient (Wildman–Crippen LogP) is 3.54. The molecule has 2 rings (SSSR count). The van der Waals surface area contributed by atoms with Crippen molar-refractivity contribution in [1.82, 2.24) is 0 Å². The van der Waals surface area contributed by atoms with Crippen LogP contribution in [0.15, 0.2) is 18.2 Å². The molecule has 20 heavy (non-hydrogen) atoms. The zero-order valence-electron chi connectivity index (χ0n) is 12.4. The fourth-order valence-electron chi connectivity index (χ4n) is 3.03. The first-order valence-corrected chi connectivity index (χ1v) is 7.44. The molecule has 0 radical (unpaired) electrons. The van der Waals surface area contributed by atoms with E-state index in [1.54, 1.807) is 19.2 Å². The largest absolute Gasteiger partial charge is 0.497 e. The number of nitrogens with two attached hydrogens (primary N) is 1. The first kappa shape index (κ1) is 15.1. The second-order valence-corrected chi connectivity index (χ2v) is 5.81. The van der Waals surface area contributed by atoms with Gasteiger partial charge in [-0.05, 0) is 43.7 Å². The minimum atomic E-state index is -0.253. The minimum absolute atomic E-state index is 0.182. The number of rotatable bonds is 5. The topological polar surface area (TPSA) is 47.3 Å². The zero-order chi connectivity index (χ0) is 14.6. The summed E-state index contributed by atoms with van der Waals surface area (Å²) in [5.41, 5.74) is 6.29. The Morgan fingerprint density at radius 2 is 2.10 bits per heavy atom. The van der Waals surface area contributed by atoms with E-state index in [1.807, 2.05) is 0 Å². The van der Waals surface area contributed by atoms with E-state index in [-0.39, 0.29) is 11.4 Å². The highest BCUT2D eigenvalue weighted by Gasteiger charge is 2.34. The Balaban J connectivity index is 2.14. The summed E-state index contributed by atoms with van der Waals surface area (Å²) in [5, 5.41) is 3.35. The summed E-state index contributed by atoms with van der Waals surface area (Å²) in [6, 6.07) is 4.77. The van der Waals surface area contributed by atoms with Crippen LogP contribution in [0, 0.1) is 11.7 Å². The second-order valence-electron chi connectivity index (χ2n) is 5.81. The molecule has 1 aromatic rings. The third-order valence-corrected chi connectivity index (χ3v) is 4.60. The average molecular weight is 280 g/mol. The van der Waals surface area contributed by atoms with E-state index in [1.165, 1.54) is 12.5 Å². The van der Waals surface area contributed by atoms with Gasteiger partial charge in [-0.25, -0.2) is 4.39 Å². The number of nitrogens with one attached hydrogen (secondary N) is 1. The van der Waals surface area contributed by atoms with Crippen molar-refractivity contribution in [2.45, 2.75) is 44.6 Å². The van der Waals surface area contributed by atoms with Gasteiger partial charge < -0.3 is 15.8 Å². The summed E-state index contributed by atoms with van der Waals surface area (Å²) in [4.78, 5) is 0. The van der Waals surface area contributed by atoms with Crippen molar-refractivity contribution in [3.63, 3.8) is 0 Å². The number of halogens is 1. The van der Waals surface area contributed by atoms with Gasteiger partial charge in [-0.2, -0.15) is 0 Å². The highest BCUT2D eigenvalue weighted by atomic mass is 19.1. The molecule has 0 aliphatic heterocycles. The number of ether oxygens (including phenoxy) is 1. The minimum Gasteiger partial charge on any atom is -0.497 e. The van der Waals surface area contributed by atoms with Crippen molar-refractivity contribution >= 4 is 5.69 Å². The molecule has 3 N–H and O–H groups in total. The summed E-state index contributed by atoms with van der Waals surface area (Å²) in [5.74, 6) is 1.19. The summed E-state index contributed by atoms with van der Waals surface area (Å²) < 4.78 is 19.1. The van der Waals surface area contributed by atoms with Gasteiger partial charge in [0.15, 0.2) is 0 Å². The molecule has 0 amide bonds. The lowest BCUT2D eigenvalue weighted by Gasteiger charge is -2.41. The lowest BCUT2D eigenvalue weighted by Crippen LogP contribution is -2.48. The lowest BCUT2D eigenvalue weighted by atomic mass is 9.75. The highest BCUT2D eigenvalue weighted by Crippen LogP contribution is 2.36. The average Bonchev–Trinajstić information content (AvgIpc) is 2.50. The molecule has 3 nitrogen and oxygen atoms in total. The number of hydrogen-bond acceptors (Lipinski definition) is 3. The van der Waals surface area contributed by atoms with Gasteiger partial charge in [0, 0.05) is 18.2 Å². The van der Waals surface area contributed by atoms with Crippen molar-refractivity contribution in [3.05, 3.63) is 24.0 Å². The van der Waals surface area contributed by atoms with Gasteiger partial charge in [0.05, 0.1) is 12.8 Å². The summed E-state index contributed by atoms with van der Waals surface area (Å²) >= 11 is 0. The molecule has 0 unspecified atom stereocenters. The van der Waals surface area contributed by atoms with Crippen molar-refractivity contribution in [2.75, 3.05) is 19.0 Å². The van der Waals surface area contributed by atoms with Crippen LogP contribution < -0.4 is 15.8 Å². The van der Waals surface area contributed by atoms with Gasteiger partial charge in [-0.3, -0.25) is 0 Å². The first-order chi connectivity index (χ1) is 9.62. The van der Waals surface area contributed by atoms with Gasteiger partial charge >= 0.3 is 0 Å². The van der Waals surface area contributed by atoms with E-state index in [0.29, 0.717) is 18.0 Å². The molecule has 1 aliphatic rings. The van der Waals surface area contributed by atoms with Gasteiger partial charge in [-0.1, -0.05) is 13.3 Å². The first-order valence-electron chi connectivity index (χ1n) is 7.44. The Morgan fingerprint density at radius 1 is 1.40 bits per heavy atom. The maximum absolute atomic E-state index is 14.0. The fraction of sp³-hybridized carbons (Fsp3) is 0.625. The molecule has 1 saturated carbocycles. The Kier molecular flexibility index (Phi) is 4.86. The molecule has 0 aromatic heterocycles. The van der Waals surface area contributed by atoms with Crippen LogP contribution in [-0.4, -0.2) is 19.2 Å². The second kappa shape index (κ2) is 6.44. The molecular weight excluding hydrogens is 255 g/mol. The van der Waals surface area contributed by atoms with E-state index in [2.05, 4.69) is 12.2 Å². The van der Waals surface area contributed by atoms with Gasteiger partial charge in [0.25, 0.3) is 0 Å². The van der Waals surface area contributed by atoms with Crippen LogP contribution >= 0.6 is 0 Å². The molecule has 1 fully saturated rings. The standard InChI is InChI=1S/C16H25FN2O/c1-3-12-6-8-16(11-18,9-7-12)19-15-10-13(20-2)4-5-14(15)17/h4-5,10,12,19H,3,6-9,11,18H2,1-2H3. The molecule has 4 heteroatoms.